The molecule has 1 aliphatic rings. The minimum atomic E-state index is -0.866. The Balaban J connectivity index is 1.19. The van der Waals surface area contributed by atoms with Gasteiger partial charge < -0.3 is 20.5 Å². The van der Waals surface area contributed by atoms with Crippen LogP contribution in [0.25, 0.3) is 16.3 Å². The molecule has 3 aromatic heterocycles. The molecule has 0 spiro atoms. The summed E-state index contributed by atoms with van der Waals surface area (Å²) in [7, 11) is 0. The number of carbonyl (C=O) groups excluding carboxylic acids is 2. The standard InChI is InChI=1S/C29H34N6O5/c1-17(30)28(38)40-29(2,3)16-39-20-12-13-24-23(14-31-35(24)15-20)26(36)32-19-10-8-18(9-11-19)25-21-6-4-5-7-22(21)27(37)34-33-25/h4-7,12-15,17-19H,8-11,16,30H2,1-3H3,(H,32,36)(H,34,37)/t17-,18-,19-/m0/s1. The van der Waals surface area contributed by atoms with Gasteiger partial charge in [0, 0.05) is 17.3 Å². The number of aromatic nitrogens is 4. The Labute approximate surface area is 231 Å². The maximum absolute atomic E-state index is 13.1. The zero-order valence-electron chi connectivity index (χ0n) is 22.8. The number of esters is 1. The molecule has 1 atom stereocenters. The van der Waals surface area contributed by atoms with E-state index in [0.29, 0.717) is 22.2 Å². The largest absolute Gasteiger partial charge is 0.488 e. The monoisotopic (exact) mass is 546 g/mol. The first-order chi connectivity index (χ1) is 19.1. The second kappa shape index (κ2) is 11.1. The third kappa shape index (κ3) is 5.84. The topological polar surface area (TPSA) is 154 Å². The van der Waals surface area contributed by atoms with Crippen molar-refractivity contribution in [3.05, 3.63) is 70.4 Å². The molecule has 4 N–H and O–H groups in total. The number of nitrogens with zero attached hydrogens (tertiary/aromatic N) is 3. The van der Waals surface area contributed by atoms with Crippen molar-refractivity contribution in [2.45, 2.75) is 70.1 Å². The van der Waals surface area contributed by atoms with E-state index in [9.17, 15) is 14.4 Å². The fourth-order valence-corrected chi connectivity index (χ4v) is 5.10. The highest BCUT2D eigenvalue weighted by Gasteiger charge is 2.28. The molecule has 1 saturated carbocycles. The number of aromatic amines is 1. The lowest BCUT2D eigenvalue weighted by atomic mass is 9.82. The molecule has 1 aliphatic carbocycles. The van der Waals surface area contributed by atoms with Crippen LogP contribution >= 0.6 is 0 Å². The molecule has 40 heavy (non-hydrogen) atoms. The summed E-state index contributed by atoms with van der Waals surface area (Å²) in [5.41, 5.74) is 6.58. The fraction of sp³-hybridized carbons (Fsp3) is 0.414. The zero-order valence-corrected chi connectivity index (χ0v) is 22.8. The van der Waals surface area contributed by atoms with Crippen molar-refractivity contribution in [2.75, 3.05) is 6.61 Å². The van der Waals surface area contributed by atoms with Crippen molar-refractivity contribution in [3.8, 4) is 5.75 Å². The molecule has 4 aromatic rings. The number of rotatable bonds is 8. The van der Waals surface area contributed by atoms with Crippen LogP contribution in [0.15, 0.2) is 53.6 Å². The number of hydrogen-bond acceptors (Lipinski definition) is 8. The minimum Gasteiger partial charge on any atom is -0.488 e. The Morgan fingerprint density at radius 3 is 2.60 bits per heavy atom. The number of pyridine rings is 1. The van der Waals surface area contributed by atoms with E-state index in [2.05, 4.69) is 20.6 Å². The van der Waals surface area contributed by atoms with Gasteiger partial charge in [0.25, 0.3) is 11.5 Å². The van der Waals surface area contributed by atoms with E-state index in [0.717, 1.165) is 36.8 Å². The molecule has 3 heterocycles. The van der Waals surface area contributed by atoms with Crippen molar-refractivity contribution in [2.24, 2.45) is 5.73 Å². The van der Waals surface area contributed by atoms with Crippen LogP contribution in [0.1, 0.15) is 68.4 Å². The summed E-state index contributed by atoms with van der Waals surface area (Å²) < 4.78 is 12.8. The lowest BCUT2D eigenvalue weighted by Crippen LogP contribution is -2.40. The maximum Gasteiger partial charge on any atom is 0.323 e. The van der Waals surface area contributed by atoms with E-state index < -0.39 is 17.6 Å². The van der Waals surface area contributed by atoms with Crippen molar-refractivity contribution in [3.63, 3.8) is 0 Å². The van der Waals surface area contributed by atoms with E-state index in [1.54, 1.807) is 49.8 Å². The van der Waals surface area contributed by atoms with Gasteiger partial charge in [0.05, 0.1) is 34.6 Å². The van der Waals surface area contributed by atoms with Gasteiger partial charge in [0.1, 0.15) is 24.0 Å². The van der Waals surface area contributed by atoms with Crippen LogP contribution < -0.4 is 21.3 Å². The summed E-state index contributed by atoms with van der Waals surface area (Å²) in [6.07, 6.45) is 6.57. The normalized spacial score (nSPS) is 18.4. The summed E-state index contributed by atoms with van der Waals surface area (Å²) in [6.45, 7) is 5.18. The number of fused-ring (bicyclic) bond motifs is 2. The van der Waals surface area contributed by atoms with Gasteiger partial charge in [0.2, 0.25) is 0 Å². The fourth-order valence-electron chi connectivity index (χ4n) is 5.10. The molecule has 11 nitrogen and oxygen atoms in total. The smallest absolute Gasteiger partial charge is 0.323 e. The Hall–Kier alpha value is -4.25. The molecular formula is C29H34N6O5. The van der Waals surface area contributed by atoms with Gasteiger partial charge in [-0.05, 0) is 64.7 Å². The molecule has 1 fully saturated rings. The number of amides is 1. The number of nitrogens with one attached hydrogen (secondary N) is 2. The second-order valence-corrected chi connectivity index (χ2v) is 11.0. The number of H-pyrrole nitrogens is 1. The Kier molecular flexibility index (Phi) is 7.57. The molecule has 210 valence electrons. The Morgan fingerprint density at radius 1 is 1.15 bits per heavy atom. The minimum absolute atomic E-state index is 0.0384. The van der Waals surface area contributed by atoms with Crippen LogP contribution in [-0.2, 0) is 9.53 Å². The molecule has 1 aromatic carbocycles. The first kappa shape index (κ1) is 27.3. The van der Waals surface area contributed by atoms with Crippen LogP contribution in [0.2, 0.25) is 0 Å². The van der Waals surface area contributed by atoms with Crippen LogP contribution in [0.4, 0.5) is 0 Å². The third-order valence-corrected chi connectivity index (χ3v) is 7.24. The first-order valence-corrected chi connectivity index (χ1v) is 13.5. The maximum atomic E-state index is 13.1. The summed E-state index contributed by atoms with van der Waals surface area (Å²) in [5.74, 6) is 0.0669. The predicted octanol–water partition coefficient (Wildman–Crippen LogP) is 3.07. The SMILES string of the molecule is C[C@H](N)C(=O)OC(C)(C)COc1ccc2c(C(=O)N[C@H]3CC[C@H](c4n[nH]c(=O)c5ccccc54)CC3)cnn2c1. The van der Waals surface area contributed by atoms with Crippen LogP contribution in [0.5, 0.6) is 5.75 Å². The number of carbonyl (C=O) groups is 2. The first-order valence-electron chi connectivity index (χ1n) is 13.5. The lowest BCUT2D eigenvalue weighted by Gasteiger charge is -2.29. The summed E-state index contributed by atoms with van der Waals surface area (Å²) in [5, 5.41) is 16.0. The average Bonchev–Trinajstić information content (AvgIpc) is 3.36. The average molecular weight is 547 g/mol. The Bertz CT molecular complexity index is 1600. The summed E-state index contributed by atoms with van der Waals surface area (Å²) in [4.78, 5) is 37.1. The van der Waals surface area contributed by atoms with E-state index in [4.69, 9.17) is 15.2 Å². The molecule has 11 heteroatoms. The second-order valence-electron chi connectivity index (χ2n) is 11.0. The van der Waals surface area contributed by atoms with Gasteiger partial charge in [-0.1, -0.05) is 18.2 Å². The van der Waals surface area contributed by atoms with Crippen molar-refractivity contribution in [1.82, 2.24) is 25.1 Å². The van der Waals surface area contributed by atoms with Gasteiger partial charge in [-0.2, -0.15) is 10.2 Å². The van der Waals surface area contributed by atoms with Gasteiger partial charge >= 0.3 is 5.97 Å². The number of ether oxygens (including phenoxy) is 2. The van der Waals surface area contributed by atoms with Crippen molar-refractivity contribution >= 4 is 28.2 Å². The summed E-state index contributed by atoms with van der Waals surface area (Å²) in [6, 6.07) is 10.4. The Morgan fingerprint density at radius 2 is 1.88 bits per heavy atom. The van der Waals surface area contributed by atoms with E-state index >= 15 is 0 Å². The van der Waals surface area contributed by atoms with Gasteiger partial charge in [-0.15, -0.1) is 0 Å². The highest BCUT2D eigenvalue weighted by Crippen LogP contribution is 2.34. The lowest BCUT2D eigenvalue weighted by molar-refractivity contribution is -0.160. The molecule has 0 unspecified atom stereocenters. The molecule has 1 amide bonds. The molecule has 0 aliphatic heterocycles. The van der Waals surface area contributed by atoms with Crippen LogP contribution in [0.3, 0.4) is 0 Å². The highest BCUT2D eigenvalue weighted by atomic mass is 16.6. The quantitative estimate of drug-likeness (QED) is 0.285. The van der Waals surface area contributed by atoms with E-state index in [-0.39, 0.29) is 30.0 Å². The highest BCUT2D eigenvalue weighted by molar-refractivity contribution is 6.00. The van der Waals surface area contributed by atoms with Crippen molar-refractivity contribution < 1.29 is 19.1 Å². The molecule has 0 bridgehead atoms. The van der Waals surface area contributed by atoms with Gasteiger partial charge in [0.15, 0.2) is 0 Å². The molecular weight excluding hydrogens is 512 g/mol. The van der Waals surface area contributed by atoms with Gasteiger partial charge in [-0.25, -0.2) is 9.61 Å². The zero-order chi connectivity index (χ0) is 28.4. The molecule has 0 radical (unpaired) electrons. The third-order valence-electron chi connectivity index (χ3n) is 7.24. The van der Waals surface area contributed by atoms with Crippen LogP contribution in [0, 0.1) is 0 Å². The summed E-state index contributed by atoms with van der Waals surface area (Å²) >= 11 is 0. The number of nitrogens with two attached hydrogens (primary N) is 1. The molecule has 0 saturated heterocycles. The van der Waals surface area contributed by atoms with Gasteiger partial charge in [-0.3, -0.25) is 14.4 Å². The number of benzene rings is 1. The number of hydrogen-bond donors (Lipinski definition) is 3. The predicted molar refractivity (Wildman–Crippen MR) is 149 cm³/mol. The van der Waals surface area contributed by atoms with E-state index in [1.165, 1.54) is 0 Å². The molecule has 5 rings (SSSR count). The van der Waals surface area contributed by atoms with Crippen LogP contribution in [-0.4, -0.2) is 56.0 Å². The van der Waals surface area contributed by atoms with Crippen molar-refractivity contribution in [1.29, 1.82) is 0 Å². The van der Waals surface area contributed by atoms with E-state index in [1.807, 2.05) is 24.3 Å².